The monoisotopic (exact) mass is 1050 g/mol. The minimum atomic E-state index is -0.493. The van der Waals surface area contributed by atoms with Crippen LogP contribution in [-0.2, 0) is 9.47 Å². The van der Waals surface area contributed by atoms with Crippen molar-refractivity contribution in [3.05, 3.63) is 164 Å². The number of anilines is 2. The third-order valence-corrected chi connectivity index (χ3v) is 12.3. The Morgan fingerprint density at radius 1 is 0.507 bits per heavy atom. The Kier molecular flexibility index (Phi) is 20.3. The number of amides is 2. The lowest BCUT2D eigenvalue weighted by Gasteiger charge is -2.22. The molecule has 3 saturated carbocycles. The van der Waals surface area contributed by atoms with Gasteiger partial charge in [-0.3, -0.25) is 28.1 Å². The summed E-state index contributed by atoms with van der Waals surface area (Å²) < 4.78 is 15.1. The molecule has 0 radical (unpaired) electrons. The van der Waals surface area contributed by atoms with Crippen molar-refractivity contribution in [1.82, 2.24) is 39.3 Å². The molecule has 3 fully saturated rings. The highest BCUT2D eigenvalue weighted by molar-refractivity contribution is 6.29. The Morgan fingerprint density at radius 2 is 0.867 bits per heavy atom. The molecule has 6 aromatic heterocycles. The molecule has 6 aromatic rings. The first-order chi connectivity index (χ1) is 35.7. The van der Waals surface area contributed by atoms with Gasteiger partial charge in [0.05, 0.1) is 35.7 Å². The van der Waals surface area contributed by atoms with E-state index in [0.29, 0.717) is 22.9 Å². The number of nitrogens with two attached hydrogens (primary N) is 2. The molecule has 400 valence electrons. The number of carbonyl (C=O) groups excluding carboxylic acids is 2. The van der Waals surface area contributed by atoms with Gasteiger partial charge < -0.3 is 42.2 Å². The quantitative estimate of drug-likeness (QED) is 0.0753. The first kappa shape index (κ1) is 56.9. The largest absolute Gasteiger partial charge is 0.444 e. The maximum atomic E-state index is 11.9. The van der Waals surface area contributed by atoms with E-state index in [2.05, 4.69) is 36.2 Å². The number of alkyl carbamates (subject to hydrolysis) is 2. The van der Waals surface area contributed by atoms with Crippen LogP contribution >= 0.6 is 11.6 Å². The third-order valence-electron chi connectivity index (χ3n) is 12.0. The second-order valence-electron chi connectivity index (χ2n) is 20.7. The molecule has 20 heteroatoms. The Labute approximate surface area is 442 Å². The summed E-state index contributed by atoms with van der Waals surface area (Å²) in [7, 11) is 0. The van der Waals surface area contributed by atoms with Gasteiger partial charge in [0.2, 0.25) is 0 Å². The highest BCUT2D eigenvalue weighted by Crippen LogP contribution is 2.24. The summed E-state index contributed by atoms with van der Waals surface area (Å²) in [6, 6.07) is 27.5. The topological polar surface area (TPSA) is 257 Å². The highest BCUT2D eigenvalue weighted by atomic mass is 35.5. The molecule has 3 aliphatic carbocycles. The van der Waals surface area contributed by atoms with Crippen LogP contribution in [0.1, 0.15) is 99.3 Å². The number of aromatic nitrogens is 6. The van der Waals surface area contributed by atoms with Gasteiger partial charge >= 0.3 is 12.2 Å². The minimum absolute atomic E-state index is 0.0585. The summed E-state index contributed by atoms with van der Waals surface area (Å²) in [5.41, 5.74) is 12.7. The fourth-order valence-corrected chi connectivity index (χ4v) is 8.68. The van der Waals surface area contributed by atoms with Crippen molar-refractivity contribution in [2.75, 3.05) is 10.6 Å². The van der Waals surface area contributed by atoms with Gasteiger partial charge in [0.1, 0.15) is 28.0 Å². The molecular weight excluding hydrogens is 976 g/mol. The van der Waals surface area contributed by atoms with Crippen LogP contribution in [0.2, 0.25) is 5.15 Å². The fraction of sp³-hybridized carbons (Fsp3) is 0.418. The Balaban J connectivity index is 0.000000169. The molecular formula is C55H71ClN12O7. The van der Waals surface area contributed by atoms with E-state index in [1.807, 2.05) is 77.9 Å². The van der Waals surface area contributed by atoms with Crippen molar-refractivity contribution in [2.24, 2.45) is 11.5 Å². The first-order valence-electron chi connectivity index (χ1n) is 25.3. The van der Waals surface area contributed by atoms with Gasteiger partial charge in [0.15, 0.2) is 0 Å². The van der Waals surface area contributed by atoms with Gasteiger partial charge in [-0.15, -0.1) is 0 Å². The molecule has 6 atom stereocenters. The Morgan fingerprint density at radius 3 is 1.21 bits per heavy atom. The standard InChI is InChI=1S/C20H26N4O3.C15H18N4O.C10H7ClN2O.C10H20N2O2/c1-20(2,3)27-19(26)23-15-8-7-14(12-15)22-17-10-9-16(13-21-17)24-11-5-4-6-18(24)25;16-11-4-5-12(9-11)18-14-7-6-13(10-17-14)19-8-2-1-3-15(19)20;11-9-5-4-8(7-12-9)13-6-2-1-3-10(13)14;1-10(2,3)14-9(13)12-8-5-4-7(11)6-8/h4-6,9-11,13-15H,7-8,12H2,1-3H3,(H,21,22)(H,23,26);1-3,6-8,10-12H,4-5,9,16H2,(H,17,18);1-7H;7-8H,4-6,11H2,1-3H3,(H,12,13)/t14-,15-;11-,12-;;7-,8-/m00.0/s1. The van der Waals surface area contributed by atoms with E-state index in [9.17, 15) is 24.0 Å². The molecule has 0 aromatic carbocycles. The van der Waals surface area contributed by atoms with Gasteiger partial charge in [-0.25, -0.2) is 24.5 Å². The van der Waals surface area contributed by atoms with E-state index >= 15 is 0 Å². The molecule has 75 heavy (non-hydrogen) atoms. The Hall–Kier alpha value is -7.35. The molecule has 2 amide bonds. The lowest BCUT2D eigenvalue weighted by Crippen LogP contribution is -2.38. The molecule has 0 aliphatic heterocycles. The van der Waals surface area contributed by atoms with Crippen molar-refractivity contribution >= 4 is 35.4 Å². The summed E-state index contributed by atoms with van der Waals surface area (Å²) in [6.07, 6.45) is 18.0. The SMILES string of the molecule is CC(C)(C)OC(=O)N[C@H]1CC[C@H](N)C1.CC(C)(C)OC(=O)N[C@H]1CC[C@H](Nc2ccc(-n3ccccc3=O)cn2)C1.N[C@H]1CC[C@H](Nc2ccc(-n3ccccc3=O)cn2)C1.O=c1ccccn1-c1ccc(Cl)nc1. The van der Waals surface area contributed by atoms with Crippen LogP contribution in [0.4, 0.5) is 21.2 Å². The lowest BCUT2D eigenvalue weighted by atomic mass is 10.2. The number of rotatable bonds is 9. The van der Waals surface area contributed by atoms with Crippen molar-refractivity contribution in [3.63, 3.8) is 0 Å². The number of halogens is 1. The molecule has 0 bridgehead atoms. The average molecular weight is 1050 g/mol. The minimum Gasteiger partial charge on any atom is -0.444 e. The van der Waals surface area contributed by atoms with E-state index in [1.165, 1.54) is 22.8 Å². The number of carbonyl (C=O) groups is 2. The van der Waals surface area contributed by atoms with Crippen molar-refractivity contribution in [2.45, 2.75) is 147 Å². The number of ether oxygens (including phenoxy) is 2. The summed E-state index contributed by atoms with van der Waals surface area (Å²) >= 11 is 5.64. The molecule has 0 spiro atoms. The fourth-order valence-electron chi connectivity index (χ4n) is 8.57. The van der Waals surface area contributed by atoms with E-state index in [1.54, 1.807) is 82.7 Å². The van der Waals surface area contributed by atoms with E-state index < -0.39 is 11.2 Å². The lowest BCUT2D eigenvalue weighted by molar-refractivity contribution is 0.0493. The number of nitrogens with zero attached hydrogens (tertiary/aromatic N) is 6. The highest BCUT2D eigenvalue weighted by Gasteiger charge is 2.28. The zero-order chi connectivity index (χ0) is 54.1. The van der Waals surface area contributed by atoms with Crippen LogP contribution in [0.3, 0.4) is 0 Å². The number of hydrogen-bond donors (Lipinski definition) is 6. The summed E-state index contributed by atoms with van der Waals surface area (Å²) in [4.78, 5) is 70.9. The zero-order valence-electron chi connectivity index (χ0n) is 43.5. The summed E-state index contributed by atoms with van der Waals surface area (Å²) in [6.45, 7) is 11.1. The van der Waals surface area contributed by atoms with Crippen LogP contribution < -0.4 is 49.4 Å². The van der Waals surface area contributed by atoms with Crippen molar-refractivity contribution < 1.29 is 19.1 Å². The van der Waals surface area contributed by atoms with Crippen LogP contribution in [0.25, 0.3) is 17.1 Å². The number of pyridine rings is 6. The van der Waals surface area contributed by atoms with Crippen LogP contribution in [0.15, 0.2) is 143 Å². The predicted molar refractivity (Wildman–Crippen MR) is 293 cm³/mol. The maximum absolute atomic E-state index is 11.9. The molecule has 0 unspecified atom stereocenters. The van der Waals surface area contributed by atoms with Gasteiger partial charge in [0.25, 0.3) is 16.7 Å². The predicted octanol–water partition coefficient (Wildman–Crippen LogP) is 7.89. The molecule has 9 rings (SSSR count). The summed E-state index contributed by atoms with van der Waals surface area (Å²) in [5, 5.41) is 12.9. The van der Waals surface area contributed by atoms with Crippen molar-refractivity contribution in [3.8, 4) is 17.1 Å². The van der Waals surface area contributed by atoms with Crippen molar-refractivity contribution in [1.29, 1.82) is 0 Å². The smallest absolute Gasteiger partial charge is 0.407 e. The molecule has 0 saturated heterocycles. The maximum Gasteiger partial charge on any atom is 0.407 e. The number of hydrogen-bond acceptors (Lipinski definition) is 14. The summed E-state index contributed by atoms with van der Waals surface area (Å²) in [5.74, 6) is 1.59. The Bertz CT molecular complexity index is 2940. The molecule has 3 aliphatic rings. The van der Waals surface area contributed by atoms with E-state index in [0.717, 1.165) is 80.8 Å². The van der Waals surface area contributed by atoms with Gasteiger partial charge in [0, 0.05) is 73.0 Å². The van der Waals surface area contributed by atoms with Gasteiger partial charge in [-0.05, 0) is 154 Å². The molecule has 6 heterocycles. The zero-order valence-corrected chi connectivity index (χ0v) is 44.3. The normalized spacial score (nSPS) is 19.9. The van der Waals surface area contributed by atoms with Gasteiger partial charge in [-0.2, -0.15) is 0 Å². The van der Waals surface area contributed by atoms with Crippen LogP contribution in [0, 0.1) is 0 Å². The first-order valence-corrected chi connectivity index (χ1v) is 25.7. The number of nitrogens with one attached hydrogen (secondary N) is 4. The second kappa shape index (κ2) is 26.7. The molecule has 19 nitrogen and oxygen atoms in total. The van der Waals surface area contributed by atoms with E-state index in [-0.39, 0.29) is 53.0 Å². The van der Waals surface area contributed by atoms with Gasteiger partial charge in [-0.1, -0.05) is 29.8 Å². The van der Waals surface area contributed by atoms with E-state index in [4.69, 9.17) is 32.5 Å². The third kappa shape index (κ3) is 19.1. The van der Waals surface area contributed by atoms with Crippen LogP contribution in [0.5, 0.6) is 0 Å². The average Bonchev–Trinajstić information content (AvgIpc) is 4.10. The van der Waals surface area contributed by atoms with Crippen LogP contribution in [-0.4, -0.2) is 88.3 Å². The second-order valence-corrected chi connectivity index (χ2v) is 21.1. The molecule has 8 N–H and O–H groups in total.